The molecule has 0 aliphatic rings. The molecule has 0 heterocycles. The van der Waals surface area contributed by atoms with Crippen molar-refractivity contribution in [1.82, 2.24) is 0 Å². The summed E-state index contributed by atoms with van der Waals surface area (Å²) < 4.78 is 13.3. The number of nitrogens with zero attached hydrogens (tertiary/aromatic N) is 2. The molecule has 4 heteroatoms. The van der Waals surface area contributed by atoms with Crippen molar-refractivity contribution in [3.8, 4) is 0 Å². The topological polar surface area (TPSA) is 50.7 Å². The molecule has 0 saturated carbocycles. The molecular formula is C13H22FN3. The van der Waals surface area contributed by atoms with Gasteiger partial charge in [0.05, 0.1) is 0 Å². The fourth-order valence-electron chi connectivity index (χ4n) is 1.11. The highest BCUT2D eigenvalue weighted by Crippen LogP contribution is 2.09. The van der Waals surface area contributed by atoms with Gasteiger partial charge in [-0.15, -0.1) is 0 Å². The highest BCUT2D eigenvalue weighted by molar-refractivity contribution is 5.98. The number of hydrogen-bond acceptors (Lipinski definition) is 2. The van der Waals surface area contributed by atoms with Crippen LogP contribution in [0.4, 0.5) is 4.39 Å². The molecule has 0 aromatic rings. The number of amidine groups is 1. The first-order chi connectivity index (χ1) is 8.02. The third-order valence-electron chi connectivity index (χ3n) is 1.95. The Morgan fingerprint density at radius 3 is 2.41 bits per heavy atom. The zero-order valence-corrected chi connectivity index (χ0v) is 11.1. The van der Waals surface area contributed by atoms with Gasteiger partial charge in [0.1, 0.15) is 5.70 Å². The first kappa shape index (κ1) is 15.6. The van der Waals surface area contributed by atoms with Crippen molar-refractivity contribution in [2.45, 2.75) is 47.0 Å². The van der Waals surface area contributed by atoms with Crippen LogP contribution in [0.5, 0.6) is 0 Å². The van der Waals surface area contributed by atoms with Gasteiger partial charge in [0.2, 0.25) is 5.95 Å². The summed E-state index contributed by atoms with van der Waals surface area (Å²) >= 11 is 0. The molecule has 0 fully saturated rings. The van der Waals surface area contributed by atoms with E-state index in [1.54, 1.807) is 6.21 Å². The fourth-order valence-corrected chi connectivity index (χ4v) is 1.11. The van der Waals surface area contributed by atoms with Gasteiger partial charge >= 0.3 is 0 Å². The second kappa shape index (κ2) is 8.67. The van der Waals surface area contributed by atoms with Crippen LogP contribution in [0.1, 0.15) is 47.0 Å². The van der Waals surface area contributed by atoms with E-state index < -0.39 is 5.95 Å². The lowest BCUT2D eigenvalue weighted by molar-refractivity contribution is 0.619. The second-order valence-electron chi connectivity index (χ2n) is 3.88. The Morgan fingerprint density at radius 2 is 1.94 bits per heavy atom. The Morgan fingerprint density at radius 1 is 1.29 bits per heavy atom. The van der Waals surface area contributed by atoms with Crippen LogP contribution in [-0.2, 0) is 0 Å². The third kappa shape index (κ3) is 6.66. The molecule has 0 rings (SSSR count). The molecule has 0 unspecified atom stereocenters. The Balaban J connectivity index is 4.98. The molecule has 0 amide bonds. The van der Waals surface area contributed by atoms with Crippen molar-refractivity contribution in [2.24, 2.45) is 15.7 Å². The predicted octanol–water partition coefficient (Wildman–Crippen LogP) is 3.73. The Kier molecular flexibility index (Phi) is 7.93. The van der Waals surface area contributed by atoms with E-state index in [0.29, 0.717) is 12.1 Å². The van der Waals surface area contributed by atoms with Crippen molar-refractivity contribution in [1.29, 1.82) is 0 Å². The van der Waals surface area contributed by atoms with Crippen LogP contribution in [0, 0.1) is 0 Å². The Hall–Kier alpha value is -1.45. The minimum atomic E-state index is -0.546. The van der Waals surface area contributed by atoms with Crippen LogP contribution in [0.3, 0.4) is 0 Å². The molecule has 96 valence electrons. The van der Waals surface area contributed by atoms with Crippen LogP contribution < -0.4 is 5.73 Å². The number of hydrogen-bond donors (Lipinski definition) is 1. The van der Waals surface area contributed by atoms with Crippen LogP contribution in [0.2, 0.25) is 0 Å². The molecule has 0 atom stereocenters. The summed E-state index contributed by atoms with van der Waals surface area (Å²) in [6.45, 7) is 7.70. The summed E-state index contributed by atoms with van der Waals surface area (Å²) in [5.74, 6) is -0.422. The van der Waals surface area contributed by atoms with E-state index in [1.807, 2.05) is 27.7 Å². The average molecular weight is 239 g/mol. The first-order valence-electron chi connectivity index (χ1n) is 5.93. The van der Waals surface area contributed by atoms with Crippen LogP contribution in [-0.4, -0.2) is 12.1 Å². The normalized spacial score (nSPS) is 13.2. The van der Waals surface area contributed by atoms with Crippen molar-refractivity contribution in [2.75, 3.05) is 0 Å². The summed E-state index contributed by atoms with van der Waals surface area (Å²) in [7, 11) is 0. The Bertz CT molecular complexity index is 348. The third-order valence-corrected chi connectivity index (χ3v) is 1.95. The minimum absolute atomic E-state index is 0.125. The summed E-state index contributed by atoms with van der Waals surface area (Å²) in [5.41, 5.74) is 7.19. The molecule has 0 radical (unpaired) electrons. The zero-order chi connectivity index (χ0) is 13.3. The molecule has 0 spiro atoms. The predicted molar refractivity (Wildman–Crippen MR) is 72.9 cm³/mol. The van der Waals surface area contributed by atoms with Gasteiger partial charge in [-0.05, 0) is 38.3 Å². The van der Waals surface area contributed by atoms with Gasteiger partial charge in [-0.25, -0.2) is 4.99 Å². The highest BCUT2D eigenvalue weighted by Gasteiger charge is 2.04. The monoisotopic (exact) mass is 239 g/mol. The highest BCUT2D eigenvalue weighted by atomic mass is 19.1. The van der Waals surface area contributed by atoms with E-state index in [-0.39, 0.29) is 5.84 Å². The van der Waals surface area contributed by atoms with Crippen LogP contribution in [0.15, 0.2) is 33.3 Å². The van der Waals surface area contributed by atoms with Crippen molar-refractivity contribution in [3.05, 3.63) is 23.3 Å². The maximum atomic E-state index is 13.3. The number of rotatable bonds is 6. The van der Waals surface area contributed by atoms with Gasteiger partial charge in [-0.2, -0.15) is 4.39 Å². The van der Waals surface area contributed by atoms with Crippen molar-refractivity contribution in [3.63, 3.8) is 0 Å². The van der Waals surface area contributed by atoms with Crippen LogP contribution in [0.25, 0.3) is 0 Å². The summed E-state index contributed by atoms with van der Waals surface area (Å²) in [5, 5.41) is 0. The number of unbranched alkanes of at least 4 members (excludes halogenated alkanes) is 1. The number of halogens is 1. The lowest BCUT2D eigenvalue weighted by Gasteiger charge is -2.03. The average Bonchev–Trinajstić information content (AvgIpc) is 2.26. The molecule has 2 N–H and O–H groups in total. The molecule has 0 aliphatic carbocycles. The minimum Gasteiger partial charge on any atom is -0.382 e. The number of allylic oxidation sites excluding steroid dienone is 2. The summed E-state index contributed by atoms with van der Waals surface area (Å²) in [6.07, 6.45) is 5.51. The van der Waals surface area contributed by atoms with Gasteiger partial charge in [0.25, 0.3) is 0 Å². The van der Waals surface area contributed by atoms with Gasteiger partial charge in [0.15, 0.2) is 5.84 Å². The van der Waals surface area contributed by atoms with E-state index in [4.69, 9.17) is 5.73 Å². The van der Waals surface area contributed by atoms with E-state index in [1.165, 1.54) is 6.08 Å². The van der Waals surface area contributed by atoms with Gasteiger partial charge in [-0.1, -0.05) is 20.3 Å². The van der Waals surface area contributed by atoms with E-state index in [9.17, 15) is 4.39 Å². The zero-order valence-electron chi connectivity index (χ0n) is 11.1. The smallest absolute Gasteiger partial charge is 0.210 e. The molecule has 3 nitrogen and oxygen atoms in total. The number of nitrogens with two attached hydrogens (primary N) is 1. The second-order valence-corrected chi connectivity index (χ2v) is 3.88. The molecule has 17 heavy (non-hydrogen) atoms. The van der Waals surface area contributed by atoms with E-state index >= 15 is 0 Å². The molecule has 0 saturated heterocycles. The number of aliphatic imine (C=N–C) groups is 2. The fraction of sp³-hybridized carbons (Fsp3) is 0.538. The van der Waals surface area contributed by atoms with Crippen LogP contribution >= 0.6 is 0 Å². The van der Waals surface area contributed by atoms with Crippen molar-refractivity contribution >= 4 is 12.1 Å². The van der Waals surface area contributed by atoms with Gasteiger partial charge in [0, 0.05) is 6.21 Å². The molecule has 0 bridgehead atoms. The van der Waals surface area contributed by atoms with Gasteiger partial charge in [-0.3, -0.25) is 4.99 Å². The quantitative estimate of drug-likeness (QED) is 0.428. The first-order valence-corrected chi connectivity index (χ1v) is 5.93. The molecule has 0 aromatic heterocycles. The molecule has 0 aromatic carbocycles. The van der Waals surface area contributed by atoms with Gasteiger partial charge < -0.3 is 5.73 Å². The maximum Gasteiger partial charge on any atom is 0.210 e. The Labute approximate surface area is 103 Å². The summed E-state index contributed by atoms with van der Waals surface area (Å²) in [6, 6.07) is 0. The van der Waals surface area contributed by atoms with E-state index in [0.717, 1.165) is 18.4 Å². The van der Waals surface area contributed by atoms with E-state index in [2.05, 4.69) is 9.98 Å². The summed E-state index contributed by atoms with van der Waals surface area (Å²) in [4.78, 5) is 7.89. The lowest BCUT2D eigenvalue weighted by atomic mass is 10.2. The molecule has 0 aliphatic heterocycles. The maximum absolute atomic E-state index is 13.3. The lowest BCUT2D eigenvalue weighted by Crippen LogP contribution is -2.15. The standard InChI is InChI=1S/C13H22FN3/c1-5-7-8-11(14)17-13(15)12(10(3)4)16-9-6-2/h8-9H,5-7H2,1-4H3,(H2,15,17)/b11-8+,16-9?. The largest absolute Gasteiger partial charge is 0.382 e. The molecular weight excluding hydrogens is 217 g/mol. The van der Waals surface area contributed by atoms with Crippen molar-refractivity contribution < 1.29 is 4.39 Å². The SMILES string of the molecule is CCC=NC(=C(C)C)/C(N)=N\C(F)=C\CCC.